The van der Waals surface area contributed by atoms with E-state index in [0.717, 1.165) is 51.9 Å². The van der Waals surface area contributed by atoms with Crippen LogP contribution < -0.4 is 21.3 Å². The third-order valence-electron chi connectivity index (χ3n) is 5.58. The Bertz CT molecular complexity index is 681. The van der Waals surface area contributed by atoms with E-state index in [1.807, 2.05) is 11.8 Å². The van der Waals surface area contributed by atoms with Crippen molar-refractivity contribution in [1.82, 2.24) is 21.3 Å². The Kier molecular flexibility index (Phi) is 11.9. The number of carbonyl (C=O) groups is 4. The number of carbonyl (C=O) groups excluding carboxylic acids is 4. The van der Waals surface area contributed by atoms with Crippen molar-refractivity contribution >= 4 is 35.5 Å². The molecule has 2 amide bonds. The van der Waals surface area contributed by atoms with Crippen LogP contribution in [0.4, 0.5) is 0 Å². The molecule has 5 unspecified atom stereocenters. The van der Waals surface area contributed by atoms with Crippen LogP contribution in [0.3, 0.4) is 0 Å². The van der Waals surface area contributed by atoms with Gasteiger partial charge in [0.25, 0.3) is 6.23 Å². The average molecular weight is 489 g/mol. The maximum absolute atomic E-state index is 12.0. The van der Waals surface area contributed by atoms with Crippen LogP contribution in [0, 0.1) is 0 Å². The summed E-state index contributed by atoms with van der Waals surface area (Å²) in [5.41, 5.74) is 0. The van der Waals surface area contributed by atoms with Crippen LogP contribution in [-0.4, -0.2) is 78.2 Å². The highest BCUT2D eigenvalue weighted by atomic mass is 32.2. The van der Waals surface area contributed by atoms with Gasteiger partial charge in [0.2, 0.25) is 11.8 Å². The SMILES string of the molecule is COC(=O)C(NC(=O)CCCCCNC(=O)CCCCC1SCC2NC(O)NC21)OC(C)=O. The van der Waals surface area contributed by atoms with Gasteiger partial charge in [-0.1, -0.05) is 12.8 Å². The molecule has 2 aliphatic heterocycles. The predicted octanol–water partition coefficient (Wildman–Crippen LogP) is -0.277. The Labute approximate surface area is 198 Å². The average Bonchev–Trinajstić information content (AvgIpc) is 3.31. The lowest BCUT2D eigenvalue weighted by Gasteiger charge is -2.17. The second kappa shape index (κ2) is 14.4. The van der Waals surface area contributed by atoms with E-state index in [1.54, 1.807) is 0 Å². The molecule has 33 heavy (non-hydrogen) atoms. The van der Waals surface area contributed by atoms with Crippen molar-refractivity contribution in [2.75, 3.05) is 19.4 Å². The molecule has 11 nitrogen and oxygen atoms in total. The van der Waals surface area contributed by atoms with Gasteiger partial charge in [-0.3, -0.25) is 25.0 Å². The van der Waals surface area contributed by atoms with Gasteiger partial charge in [0.05, 0.1) is 7.11 Å². The molecular formula is C21H36N4O7S. The summed E-state index contributed by atoms with van der Waals surface area (Å²) in [7, 11) is 1.14. The molecule has 0 aliphatic carbocycles. The topological polar surface area (TPSA) is 155 Å². The van der Waals surface area contributed by atoms with Gasteiger partial charge in [0.15, 0.2) is 6.35 Å². The largest absolute Gasteiger partial charge is 0.465 e. The van der Waals surface area contributed by atoms with Crippen molar-refractivity contribution in [1.29, 1.82) is 0 Å². The molecule has 0 aromatic rings. The van der Waals surface area contributed by atoms with E-state index in [1.165, 1.54) is 0 Å². The lowest BCUT2D eigenvalue weighted by Crippen LogP contribution is -2.44. The number of esters is 2. The summed E-state index contributed by atoms with van der Waals surface area (Å²) < 4.78 is 9.22. The first-order valence-corrected chi connectivity index (χ1v) is 12.5. The van der Waals surface area contributed by atoms with Crippen LogP contribution in [0.25, 0.3) is 0 Å². The molecule has 2 fully saturated rings. The molecule has 188 valence electrons. The summed E-state index contributed by atoms with van der Waals surface area (Å²) in [5, 5.41) is 21.6. The molecule has 0 aromatic heterocycles. The van der Waals surface area contributed by atoms with Crippen LogP contribution >= 0.6 is 11.8 Å². The first kappa shape index (κ1) is 27.4. The molecule has 5 atom stereocenters. The van der Waals surface area contributed by atoms with Gasteiger partial charge in [-0.05, 0) is 25.7 Å². The van der Waals surface area contributed by atoms with Crippen LogP contribution in [0.15, 0.2) is 0 Å². The number of thioether (sulfide) groups is 1. The Morgan fingerprint density at radius 3 is 2.52 bits per heavy atom. The zero-order valence-electron chi connectivity index (χ0n) is 19.3. The molecule has 12 heteroatoms. The maximum atomic E-state index is 12.0. The molecule has 2 saturated heterocycles. The number of ether oxygens (including phenoxy) is 2. The molecule has 0 bridgehead atoms. The van der Waals surface area contributed by atoms with Crippen molar-refractivity contribution in [3.8, 4) is 0 Å². The standard InChI is InChI=1S/C21H36N4O7S/c1-13(26)32-19(20(29)31-2)24-17(28)10-4-3-7-11-22-16(27)9-6-5-8-15-18-14(12-33-15)23-21(30)25-18/h14-15,18-19,21,23,25,30H,3-12H2,1-2H3,(H,22,27)(H,24,28). The molecule has 2 rings (SSSR count). The second-order valence-corrected chi connectivity index (χ2v) is 9.50. The molecule has 0 radical (unpaired) electrons. The quantitative estimate of drug-likeness (QED) is 0.125. The fraction of sp³-hybridized carbons (Fsp3) is 0.810. The lowest BCUT2D eigenvalue weighted by atomic mass is 10.0. The normalized spacial score (nSPS) is 24.6. The van der Waals surface area contributed by atoms with E-state index in [0.29, 0.717) is 36.7 Å². The number of amides is 2. The van der Waals surface area contributed by atoms with Gasteiger partial charge in [-0.25, -0.2) is 4.79 Å². The number of hydrogen-bond acceptors (Lipinski definition) is 10. The minimum atomic E-state index is -1.44. The number of nitrogens with one attached hydrogen (secondary N) is 4. The highest BCUT2D eigenvalue weighted by Crippen LogP contribution is 2.33. The summed E-state index contributed by atoms with van der Waals surface area (Å²) in [6, 6.07) is 0.626. The van der Waals surface area contributed by atoms with Crippen molar-refractivity contribution < 1.29 is 33.8 Å². The number of hydrogen-bond donors (Lipinski definition) is 5. The summed E-state index contributed by atoms with van der Waals surface area (Å²) in [6.45, 7) is 1.69. The van der Waals surface area contributed by atoms with E-state index in [-0.39, 0.29) is 12.3 Å². The smallest absolute Gasteiger partial charge is 0.368 e. The van der Waals surface area contributed by atoms with Gasteiger partial charge in [0.1, 0.15) is 0 Å². The van der Waals surface area contributed by atoms with Crippen LogP contribution in [0.5, 0.6) is 0 Å². The first-order chi connectivity index (χ1) is 15.8. The Balaban J connectivity index is 1.46. The fourth-order valence-corrected chi connectivity index (χ4v) is 5.49. The van der Waals surface area contributed by atoms with E-state index in [9.17, 15) is 24.3 Å². The second-order valence-electron chi connectivity index (χ2n) is 8.23. The predicted molar refractivity (Wildman–Crippen MR) is 122 cm³/mol. The molecule has 0 saturated carbocycles. The maximum Gasteiger partial charge on any atom is 0.368 e. The molecule has 2 heterocycles. The molecule has 5 N–H and O–H groups in total. The molecule has 0 aromatic carbocycles. The van der Waals surface area contributed by atoms with Crippen LogP contribution in [-0.2, 0) is 28.7 Å². The van der Waals surface area contributed by atoms with Gasteiger partial charge < -0.3 is 25.2 Å². The highest BCUT2D eigenvalue weighted by molar-refractivity contribution is 8.00. The monoisotopic (exact) mass is 488 g/mol. The summed E-state index contributed by atoms with van der Waals surface area (Å²) in [4.78, 5) is 46.4. The van der Waals surface area contributed by atoms with E-state index >= 15 is 0 Å². The zero-order valence-corrected chi connectivity index (χ0v) is 20.1. The number of methoxy groups -OCH3 is 1. The summed E-state index contributed by atoms with van der Waals surface area (Å²) in [6.07, 6.45) is 3.50. The van der Waals surface area contributed by atoms with Gasteiger partial charge in [-0.2, -0.15) is 11.8 Å². The van der Waals surface area contributed by atoms with Gasteiger partial charge in [-0.15, -0.1) is 0 Å². The number of aliphatic hydroxyl groups excluding tert-OH is 1. The van der Waals surface area contributed by atoms with E-state index in [4.69, 9.17) is 4.74 Å². The van der Waals surface area contributed by atoms with Gasteiger partial charge in [0, 0.05) is 49.4 Å². The summed E-state index contributed by atoms with van der Waals surface area (Å²) in [5.74, 6) is -0.933. The van der Waals surface area contributed by atoms with Crippen molar-refractivity contribution in [3.05, 3.63) is 0 Å². The summed E-state index contributed by atoms with van der Waals surface area (Å²) >= 11 is 1.92. The minimum absolute atomic E-state index is 0.0306. The zero-order chi connectivity index (χ0) is 24.2. The Morgan fingerprint density at radius 2 is 1.79 bits per heavy atom. The minimum Gasteiger partial charge on any atom is -0.465 e. The Morgan fingerprint density at radius 1 is 1.06 bits per heavy atom. The van der Waals surface area contributed by atoms with Crippen molar-refractivity contribution in [2.45, 2.75) is 88.2 Å². The van der Waals surface area contributed by atoms with E-state index < -0.39 is 30.4 Å². The third-order valence-corrected chi connectivity index (χ3v) is 7.09. The van der Waals surface area contributed by atoms with Crippen LogP contribution in [0.1, 0.15) is 58.3 Å². The highest BCUT2D eigenvalue weighted by Gasteiger charge is 2.42. The van der Waals surface area contributed by atoms with Crippen molar-refractivity contribution in [3.63, 3.8) is 0 Å². The number of rotatable bonds is 14. The number of fused-ring (bicyclic) bond motifs is 1. The lowest BCUT2D eigenvalue weighted by molar-refractivity contribution is -0.168. The van der Waals surface area contributed by atoms with Gasteiger partial charge >= 0.3 is 11.9 Å². The molecular weight excluding hydrogens is 452 g/mol. The molecule has 0 spiro atoms. The third kappa shape index (κ3) is 9.86. The molecule has 2 aliphatic rings. The first-order valence-electron chi connectivity index (χ1n) is 11.4. The number of unbranched alkanes of at least 4 members (excludes halogenated alkanes) is 3. The Hall–Kier alpha value is -1.89. The van der Waals surface area contributed by atoms with E-state index in [2.05, 4.69) is 26.0 Å². The van der Waals surface area contributed by atoms with Crippen molar-refractivity contribution in [2.24, 2.45) is 0 Å². The fourth-order valence-electron chi connectivity index (χ4n) is 3.93. The van der Waals surface area contributed by atoms with Crippen LogP contribution in [0.2, 0.25) is 0 Å². The number of aliphatic hydroxyl groups is 1.